The average Bonchev–Trinajstić information content (AvgIpc) is 2.99. The minimum atomic E-state index is 0.396. The summed E-state index contributed by atoms with van der Waals surface area (Å²) in [6.45, 7) is 2.05. The van der Waals surface area contributed by atoms with Crippen molar-refractivity contribution < 1.29 is 0 Å². The number of rotatable bonds is 3. The van der Waals surface area contributed by atoms with Crippen LogP contribution in [0.3, 0.4) is 0 Å². The number of fused-ring (bicyclic) bond motifs is 1. The third kappa shape index (κ3) is 3.02. The van der Waals surface area contributed by atoms with Gasteiger partial charge in [-0.1, -0.05) is 11.6 Å². The van der Waals surface area contributed by atoms with Crippen molar-refractivity contribution >= 4 is 28.5 Å². The molecule has 0 amide bonds. The summed E-state index contributed by atoms with van der Waals surface area (Å²) < 4.78 is 0. The van der Waals surface area contributed by atoms with Gasteiger partial charge in [0.1, 0.15) is 16.6 Å². The minimum absolute atomic E-state index is 0.396. The van der Waals surface area contributed by atoms with Crippen LogP contribution in [0.2, 0.25) is 5.15 Å². The first-order valence-corrected chi connectivity index (χ1v) is 8.25. The van der Waals surface area contributed by atoms with Gasteiger partial charge in [0.15, 0.2) is 0 Å². The maximum atomic E-state index is 6.24. The predicted octanol–water partition coefficient (Wildman–Crippen LogP) is 3.44. The van der Waals surface area contributed by atoms with Crippen molar-refractivity contribution in [3.05, 3.63) is 41.8 Å². The third-order valence-corrected chi connectivity index (χ3v) is 4.40. The molecule has 1 unspecified atom stereocenters. The number of H-pyrrole nitrogens is 1. The maximum Gasteiger partial charge on any atom is 0.137 e. The van der Waals surface area contributed by atoms with Gasteiger partial charge in [-0.15, -0.1) is 0 Å². The molecule has 1 fully saturated rings. The highest BCUT2D eigenvalue weighted by molar-refractivity contribution is 6.29. The van der Waals surface area contributed by atoms with Gasteiger partial charge in [0, 0.05) is 35.9 Å². The number of nitrogens with one attached hydrogen (secondary N) is 3. The van der Waals surface area contributed by atoms with E-state index in [-0.39, 0.29) is 0 Å². The Labute approximate surface area is 139 Å². The number of aromatic nitrogens is 3. The summed E-state index contributed by atoms with van der Waals surface area (Å²) in [7, 11) is 0. The zero-order chi connectivity index (χ0) is 15.6. The Kier molecular flexibility index (Phi) is 3.89. The third-order valence-electron chi connectivity index (χ3n) is 4.21. The number of hydrogen-bond acceptors (Lipinski definition) is 4. The smallest absolute Gasteiger partial charge is 0.137 e. The Balaban J connectivity index is 1.68. The maximum absolute atomic E-state index is 6.24. The summed E-state index contributed by atoms with van der Waals surface area (Å²) >= 11 is 6.24. The summed E-state index contributed by atoms with van der Waals surface area (Å²) in [5.41, 5.74) is 3.00. The molecule has 0 aliphatic carbocycles. The van der Waals surface area contributed by atoms with Gasteiger partial charge in [-0.25, -0.2) is 9.97 Å². The van der Waals surface area contributed by atoms with E-state index in [9.17, 15) is 0 Å². The number of piperidine rings is 1. The highest BCUT2D eigenvalue weighted by atomic mass is 35.5. The van der Waals surface area contributed by atoms with Crippen molar-refractivity contribution in [1.29, 1.82) is 0 Å². The van der Waals surface area contributed by atoms with Crippen LogP contribution in [0.5, 0.6) is 0 Å². The standard InChI is InChI=1S/C17H18ClN5/c18-15-7-11(14-10-21-17-13(14)4-2-6-20-17)8-16(23-15)22-12-3-1-5-19-9-12/h2,4,6-8,10,12,19H,1,3,5,9H2,(H,20,21)(H,22,23). The quantitative estimate of drug-likeness (QED) is 0.645. The topological polar surface area (TPSA) is 65.6 Å². The zero-order valence-corrected chi connectivity index (χ0v) is 13.4. The minimum Gasteiger partial charge on any atom is -0.366 e. The molecule has 0 aromatic carbocycles. The lowest BCUT2D eigenvalue weighted by Crippen LogP contribution is -2.38. The highest BCUT2D eigenvalue weighted by Gasteiger charge is 2.15. The summed E-state index contributed by atoms with van der Waals surface area (Å²) in [5, 5.41) is 8.46. The molecule has 3 aromatic rings. The number of pyridine rings is 2. The number of anilines is 1. The summed E-state index contributed by atoms with van der Waals surface area (Å²) in [5.74, 6) is 0.819. The zero-order valence-electron chi connectivity index (χ0n) is 12.6. The Morgan fingerprint density at radius 3 is 3.13 bits per heavy atom. The lowest BCUT2D eigenvalue weighted by atomic mass is 10.1. The number of aromatic amines is 1. The molecular weight excluding hydrogens is 310 g/mol. The van der Waals surface area contributed by atoms with Crippen LogP contribution in [-0.2, 0) is 0 Å². The number of nitrogens with zero attached hydrogens (tertiary/aromatic N) is 2. The van der Waals surface area contributed by atoms with Crippen molar-refractivity contribution in [2.75, 3.05) is 18.4 Å². The van der Waals surface area contributed by atoms with Gasteiger partial charge < -0.3 is 15.6 Å². The van der Waals surface area contributed by atoms with Gasteiger partial charge in [-0.3, -0.25) is 0 Å². The van der Waals surface area contributed by atoms with Crippen molar-refractivity contribution in [2.45, 2.75) is 18.9 Å². The number of hydrogen-bond donors (Lipinski definition) is 3. The molecule has 4 rings (SSSR count). The molecule has 0 radical (unpaired) electrons. The van der Waals surface area contributed by atoms with Crippen molar-refractivity contribution in [1.82, 2.24) is 20.3 Å². The van der Waals surface area contributed by atoms with Crippen LogP contribution in [-0.4, -0.2) is 34.1 Å². The average molecular weight is 328 g/mol. The van der Waals surface area contributed by atoms with Gasteiger partial charge in [-0.05, 0) is 49.2 Å². The van der Waals surface area contributed by atoms with Crippen LogP contribution in [0, 0.1) is 0 Å². The second-order valence-electron chi connectivity index (χ2n) is 5.85. The molecule has 0 spiro atoms. The molecule has 5 nitrogen and oxygen atoms in total. The van der Waals surface area contributed by atoms with Crippen LogP contribution >= 0.6 is 11.6 Å². The summed E-state index contributed by atoms with van der Waals surface area (Å²) in [4.78, 5) is 12.0. The fourth-order valence-corrected chi connectivity index (χ4v) is 3.31. The van der Waals surface area contributed by atoms with Crippen LogP contribution in [0.1, 0.15) is 12.8 Å². The van der Waals surface area contributed by atoms with Gasteiger partial charge in [0.05, 0.1) is 0 Å². The van der Waals surface area contributed by atoms with Crippen LogP contribution in [0.15, 0.2) is 36.7 Å². The Morgan fingerprint density at radius 1 is 1.30 bits per heavy atom. The highest BCUT2D eigenvalue weighted by Crippen LogP contribution is 2.30. The molecular formula is C17H18ClN5. The van der Waals surface area contributed by atoms with Crippen molar-refractivity contribution in [2.24, 2.45) is 0 Å². The molecule has 1 atom stereocenters. The van der Waals surface area contributed by atoms with Gasteiger partial charge in [-0.2, -0.15) is 0 Å². The second-order valence-corrected chi connectivity index (χ2v) is 6.24. The van der Waals surface area contributed by atoms with E-state index in [0.717, 1.165) is 47.5 Å². The SMILES string of the molecule is Clc1cc(-c2c[nH]c3ncccc23)cc(NC2CCCNC2)n1. The fourth-order valence-electron chi connectivity index (χ4n) is 3.11. The molecule has 0 bridgehead atoms. The van der Waals surface area contributed by atoms with Crippen LogP contribution in [0.25, 0.3) is 22.2 Å². The molecule has 3 aromatic heterocycles. The van der Waals surface area contributed by atoms with Gasteiger partial charge >= 0.3 is 0 Å². The van der Waals surface area contributed by atoms with Crippen molar-refractivity contribution in [3.8, 4) is 11.1 Å². The lowest BCUT2D eigenvalue weighted by Gasteiger charge is -2.24. The molecule has 1 aliphatic rings. The molecule has 4 heterocycles. The lowest BCUT2D eigenvalue weighted by molar-refractivity contribution is 0.479. The summed E-state index contributed by atoms with van der Waals surface area (Å²) in [6.07, 6.45) is 6.08. The molecule has 3 N–H and O–H groups in total. The van der Waals surface area contributed by atoms with Crippen LogP contribution in [0.4, 0.5) is 5.82 Å². The normalized spacial score (nSPS) is 18.2. The Hall–Kier alpha value is -2.11. The second kappa shape index (κ2) is 6.18. The van der Waals surface area contributed by atoms with E-state index >= 15 is 0 Å². The molecule has 0 saturated carbocycles. The van der Waals surface area contributed by atoms with E-state index in [1.165, 1.54) is 6.42 Å². The number of halogens is 1. The van der Waals surface area contributed by atoms with Gasteiger partial charge in [0.25, 0.3) is 0 Å². The van der Waals surface area contributed by atoms with E-state index in [4.69, 9.17) is 11.6 Å². The first-order valence-electron chi connectivity index (χ1n) is 7.87. The molecule has 118 valence electrons. The molecule has 23 heavy (non-hydrogen) atoms. The molecule has 6 heteroatoms. The van der Waals surface area contributed by atoms with Crippen molar-refractivity contribution in [3.63, 3.8) is 0 Å². The fraction of sp³-hybridized carbons (Fsp3) is 0.294. The molecule has 1 saturated heterocycles. The van der Waals surface area contributed by atoms with E-state index in [1.807, 2.05) is 18.3 Å². The van der Waals surface area contributed by atoms with E-state index < -0.39 is 0 Å². The molecule has 1 aliphatic heterocycles. The Morgan fingerprint density at radius 2 is 2.26 bits per heavy atom. The summed E-state index contributed by atoms with van der Waals surface area (Å²) in [6, 6.07) is 8.33. The Bertz CT molecular complexity index is 823. The van der Waals surface area contributed by atoms with Gasteiger partial charge in [0.2, 0.25) is 0 Å². The van der Waals surface area contributed by atoms with E-state index in [1.54, 1.807) is 6.20 Å². The predicted molar refractivity (Wildman–Crippen MR) is 93.8 cm³/mol. The largest absolute Gasteiger partial charge is 0.366 e. The monoisotopic (exact) mass is 327 g/mol. The van der Waals surface area contributed by atoms with E-state index in [2.05, 4.69) is 37.7 Å². The van der Waals surface area contributed by atoms with E-state index in [0.29, 0.717) is 11.2 Å². The van der Waals surface area contributed by atoms with Crippen LogP contribution < -0.4 is 10.6 Å². The first kappa shape index (κ1) is 14.5. The first-order chi connectivity index (χ1) is 11.3.